The summed E-state index contributed by atoms with van der Waals surface area (Å²) in [5, 5.41) is 1.13. The molecular formula is C25H17BrCl3NO4. The van der Waals surface area contributed by atoms with Gasteiger partial charge in [-0.05, 0) is 66.6 Å². The predicted octanol–water partition coefficient (Wildman–Crippen LogP) is 7.73. The van der Waals surface area contributed by atoms with Crippen LogP contribution in [0.4, 0.5) is 0 Å². The van der Waals surface area contributed by atoms with Crippen molar-refractivity contribution >= 4 is 68.7 Å². The molecule has 3 aromatic carbocycles. The average molecular weight is 582 g/mol. The standard InChI is InChI=1S/C25H17BrCl3NO4/c1-2-32-22-11-15(9-20(29)23(22)33-13-14-3-5-16(26)6-4-14)10-21-25(31)34-24(30-21)18-8-7-17(27)12-19(18)28/h3-12H,2,13H2,1H3/b21-10-. The fourth-order valence-corrected chi connectivity index (χ4v) is 4.18. The van der Waals surface area contributed by atoms with E-state index in [1.807, 2.05) is 31.2 Å². The van der Waals surface area contributed by atoms with Crippen LogP contribution in [-0.2, 0) is 16.1 Å². The molecule has 1 aliphatic rings. The van der Waals surface area contributed by atoms with E-state index in [9.17, 15) is 4.79 Å². The summed E-state index contributed by atoms with van der Waals surface area (Å²) in [5.74, 6) is 0.365. The Kier molecular flexibility index (Phi) is 7.84. The molecule has 34 heavy (non-hydrogen) atoms. The monoisotopic (exact) mass is 579 g/mol. The predicted molar refractivity (Wildman–Crippen MR) is 138 cm³/mol. The second-order valence-corrected chi connectivity index (χ2v) is 9.30. The van der Waals surface area contributed by atoms with Gasteiger partial charge < -0.3 is 14.2 Å². The zero-order chi connectivity index (χ0) is 24.2. The molecule has 0 aliphatic carbocycles. The first kappa shape index (κ1) is 24.6. The summed E-state index contributed by atoms with van der Waals surface area (Å²) in [4.78, 5) is 16.7. The van der Waals surface area contributed by atoms with Crippen molar-refractivity contribution in [1.29, 1.82) is 0 Å². The summed E-state index contributed by atoms with van der Waals surface area (Å²) in [7, 11) is 0. The van der Waals surface area contributed by atoms with E-state index in [1.54, 1.807) is 36.4 Å². The summed E-state index contributed by atoms with van der Waals surface area (Å²) in [6.45, 7) is 2.58. The topological polar surface area (TPSA) is 57.1 Å². The zero-order valence-corrected chi connectivity index (χ0v) is 21.6. The molecule has 0 atom stereocenters. The van der Waals surface area contributed by atoms with E-state index in [2.05, 4.69) is 20.9 Å². The first-order valence-electron chi connectivity index (χ1n) is 10.2. The average Bonchev–Trinajstić information content (AvgIpc) is 3.14. The molecule has 0 saturated carbocycles. The minimum Gasteiger partial charge on any atom is -0.490 e. The molecule has 0 aromatic heterocycles. The van der Waals surface area contributed by atoms with E-state index in [4.69, 9.17) is 49.0 Å². The normalized spacial score (nSPS) is 14.2. The molecule has 174 valence electrons. The molecule has 9 heteroatoms. The van der Waals surface area contributed by atoms with Crippen molar-refractivity contribution < 1.29 is 19.0 Å². The molecule has 0 amide bonds. The quantitative estimate of drug-likeness (QED) is 0.212. The molecular weight excluding hydrogens is 565 g/mol. The van der Waals surface area contributed by atoms with E-state index in [-0.39, 0.29) is 11.6 Å². The number of benzene rings is 3. The first-order valence-corrected chi connectivity index (χ1v) is 12.1. The number of esters is 1. The zero-order valence-electron chi connectivity index (χ0n) is 17.8. The SMILES string of the molecule is CCOc1cc(/C=C2\N=C(c3ccc(Cl)cc3Cl)OC2=O)cc(Cl)c1OCc1ccc(Br)cc1. The van der Waals surface area contributed by atoms with Crippen molar-refractivity contribution in [3.63, 3.8) is 0 Å². The van der Waals surface area contributed by atoms with E-state index < -0.39 is 5.97 Å². The number of carbonyl (C=O) groups is 1. The Morgan fingerprint density at radius 1 is 1.00 bits per heavy atom. The smallest absolute Gasteiger partial charge is 0.363 e. The number of halogens is 4. The molecule has 5 nitrogen and oxygen atoms in total. The Morgan fingerprint density at radius 2 is 1.76 bits per heavy atom. The van der Waals surface area contributed by atoms with Gasteiger partial charge in [-0.15, -0.1) is 0 Å². The van der Waals surface area contributed by atoms with Gasteiger partial charge in [-0.25, -0.2) is 9.79 Å². The van der Waals surface area contributed by atoms with Crippen LogP contribution in [0.1, 0.15) is 23.6 Å². The van der Waals surface area contributed by atoms with E-state index in [1.165, 1.54) is 0 Å². The largest absolute Gasteiger partial charge is 0.490 e. The number of rotatable bonds is 7. The Bertz CT molecular complexity index is 1310. The van der Waals surface area contributed by atoms with Crippen LogP contribution in [0, 0.1) is 0 Å². The van der Waals surface area contributed by atoms with Crippen molar-refractivity contribution in [3.05, 3.63) is 96.5 Å². The highest BCUT2D eigenvalue weighted by Gasteiger charge is 2.26. The summed E-state index contributed by atoms with van der Waals surface area (Å²) in [5.41, 5.74) is 2.14. The van der Waals surface area contributed by atoms with Gasteiger partial charge in [0.25, 0.3) is 0 Å². The van der Waals surface area contributed by atoms with Crippen LogP contribution in [0.25, 0.3) is 6.08 Å². The third-order valence-electron chi connectivity index (χ3n) is 4.71. The van der Waals surface area contributed by atoms with Crippen LogP contribution in [0.2, 0.25) is 15.1 Å². The summed E-state index contributed by atoms with van der Waals surface area (Å²) >= 11 is 22.1. The number of nitrogens with zero attached hydrogens (tertiary/aromatic N) is 1. The highest BCUT2D eigenvalue weighted by atomic mass is 79.9. The first-order chi connectivity index (χ1) is 16.3. The highest BCUT2D eigenvalue weighted by Crippen LogP contribution is 2.38. The fourth-order valence-electron chi connectivity index (χ4n) is 3.16. The fraction of sp³-hybridized carbons (Fsp3) is 0.120. The van der Waals surface area contributed by atoms with Crippen molar-refractivity contribution in [2.75, 3.05) is 6.61 Å². The lowest BCUT2D eigenvalue weighted by atomic mass is 10.1. The number of ether oxygens (including phenoxy) is 3. The van der Waals surface area contributed by atoms with E-state index in [0.717, 1.165) is 10.0 Å². The maximum atomic E-state index is 12.4. The lowest BCUT2D eigenvalue weighted by Gasteiger charge is -2.14. The lowest BCUT2D eigenvalue weighted by molar-refractivity contribution is -0.129. The Balaban J connectivity index is 1.61. The van der Waals surface area contributed by atoms with Crippen LogP contribution in [0.15, 0.2) is 69.8 Å². The van der Waals surface area contributed by atoms with Gasteiger partial charge in [-0.3, -0.25) is 0 Å². The molecule has 1 heterocycles. The molecule has 0 N–H and O–H groups in total. The molecule has 3 aromatic rings. The minimum atomic E-state index is -0.606. The number of carbonyl (C=O) groups excluding carboxylic acids is 1. The Hall–Kier alpha value is -2.51. The van der Waals surface area contributed by atoms with E-state index in [0.29, 0.717) is 50.9 Å². The molecule has 0 radical (unpaired) electrons. The van der Waals surface area contributed by atoms with Gasteiger partial charge in [0.2, 0.25) is 5.90 Å². The van der Waals surface area contributed by atoms with Gasteiger partial charge in [0.15, 0.2) is 17.2 Å². The number of hydrogen-bond acceptors (Lipinski definition) is 5. The Morgan fingerprint density at radius 3 is 2.47 bits per heavy atom. The number of hydrogen-bond donors (Lipinski definition) is 0. The van der Waals surface area contributed by atoms with Gasteiger partial charge in [-0.2, -0.15) is 0 Å². The molecule has 0 bridgehead atoms. The van der Waals surface area contributed by atoms with Crippen molar-refractivity contribution in [2.45, 2.75) is 13.5 Å². The maximum Gasteiger partial charge on any atom is 0.363 e. The van der Waals surface area contributed by atoms with Crippen LogP contribution >= 0.6 is 50.7 Å². The summed E-state index contributed by atoms with van der Waals surface area (Å²) in [6, 6.07) is 16.0. The number of aliphatic imine (C=N–C) groups is 1. The molecule has 0 saturated heterocycles. The summed E-state index contributed by atoms with van der Waals surface area (Å²) in [6.07, 6.45) is 1.56. The van der Waals surface area contributed by atoms with Gasteiger partial charge in [0, 0.05) is 9.50 Å². The lowest BCUT2D eigenvalue weighted by Crippen LogP contribution is -2.06. The third kappa shape index (κ3) is 5.76. The van der Waals surface area contributed by atoms with Crippen molar-refractivity contribution in [2.24, 2.45) is 4.99 Å². The van der Waals surface area contributed by atoms with Crippen LogP contribution in [-0.4, -0.2) is 18.5 Å². The maximum absolute atomic E-state index is 12.4. The van der Waals surface area contributed by atoms with Crippen molar-refractivity contribution in [3.8, 4) is 11.5 Å². The van der Waals surface area contributed by atoms with Gasteiger partial charge in [0.05, 0.1) is 22.2 Å². The minimum absolute atomic E-state index is 0.100. The second-order valence-electron chi connectivity index (χ2n) is 7.14. The van der Waals surface area contributed by atoms with Crippen LogP contribution in [0.3, 0.4) is 0 Å². The van der Waals surface area contributed by atoms with Gasteiger partial charge in [0.1, 0.15) is 6.61 Å². The van der Waals surface area contributed by atoms with Gasteiger partial charge in [-0.1, -0.05) is 62.9 Å². The third-order valence-corrected chi connectivity index (χ3v) is 6.07. The van der Waals surface area contributed by atoms with Gasteiger partial charge >= 0.3 is 5.97 Å². The van der Waals surface area contributed by atoms with Crippen molar-refractivity contribution in [1.82, 2.24) is 0 Å². The Labute approximate surface area is 220 Å². The molecule has 0 fully saturated rings. The highest BCUT2D eigenvalue weighted by molar-refractivity contribution is 9.10. The van der Waals surface area contributed by atoms with Crippen LogP contribution < -0.4 is 9.47 Å². The number of cyclic esters (lactones) is 1. The second kappa shape index (κ2) is 10.8. The molecule has 4 rings (SSSR count). The van der Waals surface area contributed by atoms with Crippen LogP contribution in [0.5, 0.6) is 11.5 Å². The van der Waals surface area contributed by atoms with E-state index >= 15 is 0 Å². The molecule has 1 aliphatic heterocycles. The summed E-state index contributed by atoms with van der Waals surface area (Å²) < 4.78 is 18.0. The molecule has 0 spiro atoms. The molecule has 0 unspecified atom stereocenters.